The highest BCUT2D eigenvalue weighted by atomic mass is 35.5. The van der Waals surface area contributed by atoms with Crippen molar-refractivity contribution in [2.75, 3.05) is 16.8 Å². The van der Waals surface area contributed by atoms with Crippen LogP contribution >= 0.6 is 46.3 Å². The number of hydrogen-bond donors (Lipinski definition) is 2. The van der Waals surface area contributed by atoms with E-state index in [4.69, 9.17) is 28.9 Å². The molecule has 0 atom stereocenters. The van der Waals surface area contributed by atoms with Crippen molar-refractivity contribution < 1.29 is 9.72 Å². The van der Waals surface area contributed by atoms with Crippen LogP contribution in [0.25, 0.3) is 0 Å². The molecule has 0 bridgehead atoms. The van der Waals surface area contributed by atoms with Gasteiger partial charge in [0, 0.05) is 12.1 Å². The number of benzene rings is 1. The number of nitrogen functional groups attached to an aromatic ring is 1. The summed E-state index contributed by atoms with van der Waals surface area (Å²) in [7, 11) is 0. The van der Waals surface area contributed by atoms with Crippen LogP contribution in [0.3, 0.4) is 0 Å². The van der Waals surface area contributed by atoms with Crippen LogP contribution in [0, 0.1) is 10.1 Å². The van der Waals surface area contributed by atoms with Crippen molar-refractivity contribution in [2.45, 2.75) is 4.34 Å². The highest BCUT2D eigenvalue weighted by Crippen LogP contribution is 2.35. The highest BCUT2D eigenvalue weighted by Gasteiger charge is 2.17. The predicted molar refractivity (Wildman–Crippen MR) is 86.8 cm³/mol. The third-order valence-corrected chi connectivity index (χ3v) is 4.73. The average molecular weight is 380 g/mol. The maximum Gasteiger partial charge on any atom is 0.272 e. The largest absolute Gasteiger partial charge is 0.374 e. The third kappa shape index (κ3) is 4.19. The second kappa shape index (κ2) is 7.09. The van der Waals surface area contributed by atoms with E-state index in [1.165, 1.54) is 0 Å². The smallest absolute Gasteiger partial charge is 0.272 e. The Hall–Kier alpha value is -1.62. The van der Waals surface area contributed by atoms with Gasteiger partial charge in [-0.15, -0.1) is 10.2 Å². The van der Waals surface area contributed by atoms with E-state index >= 15 is 0 Å². The van der Waals surface area contributed by atoms with Gasteiger partial charge in [0.2, 0.25) is 11.0 Å². The van der Waals surface area contributed by atoms with Crippen LogP contribution in [0.5, 0.6) is 0 Å². The van der Waals surface area contributed by atoms with Gasteiger partial charge in [-0.3, -0.25) is 14.9 Å². The lowest BCUT2D eigenvalue weighted by molar-refractivity contribution is -0.384. The molecule has 1 aromatic carbocycles. The number of hydrogen-bond acceptors (Lipinski definition) is 8. The number of nitro groups is 1. The third-order valence-electron chi connectivity index (χ3n) is 2.25. The number of thioether (sulfide) groups is 1. The van der Waals surface area contributed by atoms with Crippen molar-refractivity contribution in [2.24, 2.45) is 0 Å². The Morgan fingerprint density at radius 2 is 2.05 bits per heavy atom. The van der Waals surface area contributed by atoms with Crippen LogP contribution in [-0.2, 0) is 4.79 Å². The second-order valence-corrected chi connectivity index (χ2v) is 6.83. The van der Waals surface area contributed by atoms with Crippen molar-refractivity contribution in [1.29, 1.82) is 0 Å². The Balaban J connectivity index is 2.03. The number of nitrogens with one attached hydrogen (secondary N) is 1. The van der Waals surface area contributed by atoms with Crippen LogP contribution in [0.1, 0.15) is 0 Å². The zero-order chi connectivity index (χ0) is 16.3. The van der Waals surface area contributed by atoms with E-state index in [0.29, 0.717) is 9.47 Å². The first-order valence-corrected chi connectivity index (χ1v) is 8.07. The number of nitrogens with two attached hydrogens (primary N) is 1. The second-order valence-electron chi connectivity index (χ2n) is 3.78. The van der Waals surface area contributed by atoms with Gasteiger partial charge in [-0.05, 0) is 0 Å². The van der Waals surface area contributed by atoms with Crippen LogP contribution < -0.4 is 11.1 Å². The van der Waals surface area contributed by atoms with Gasteiger partial charge in [0.1, 0.15) is 0 Å². The van der Waals surface area contributed by atoms with Crippen molar-refractivity contribution in [3.8, 4) is 0 Å². The van der Waals surface area contributed by atoms with E-state index in [0.717, 1.165) is 35.2 Å². The Morgan fingerprint density at radius 1 is 1.41 bits per heavy atom. The normalized spacial score (nSPS) is 10.5. The Kier molecular flexibility index (Phi) is 5.40. The molecular weight excluding hydrogens is 373 g/mol. The minimum absolute atomic E-state index is 0.0160. The Morgan fingerprint density at radius 3 is 2.55 bits per heavy atom. The quantitative estimate of drug-likeness (QED) is 0.464. The summed E-state index contributed by atoms with van der Waals surface area (Å²) in [5.74, 6) is -0.352. The molecule has 22 heavy (non-hydrogen) atoms. The Labute approximate surface area is 142 Å². The van der Waals surface area contributed by atoms with Crippen LogP contribution in [0.2, 0.25) is 10.0 Å². The number of amides is 1. The lowest BCUT2D eigenvalue weighted by Crippen LogP contribution is -2.14. The van der Waals surface area contributed by atoms with Crippen LogP contribution in [0.4, 0.5) is 16.5 Å². The van der Waals surface area contributed by atoms with E-state index in [2.05, 4.69) is 15.5 Å². The van der Waals surface area contributed by atoms with Gasteiger partial charge in [-0.2, -0.15) is 0 Å². The van der Waals surface area contributed by atoms with Gasteiger partial charge in [0.25, 0.3) is 5.69 Å². The minimum Gasteiger partial charge on any atom is -0.374 e. The zero-order valence-corrected chi connectivity index (χ0v) is 13.7. The molecule has 8 nitrogen and oxygen atoms in total. The summed E-state index contributed by atoms with van der Waals surface area (Å²) in [4.78, 5) is 21.9. The first kappa shape index (κ1) is 16.7. The summed E-state index contributed by atoms with van der Waals surface area (Å²) < 4.78 is 0.550. The molecule has 0 aliphatic heterocycles. The number of non-ortho nitro benzene ring substituents is 1. The molecule has 0 spiro atoms. The average Bonchev–Trinajstić information content (AvgIpc) is 2.86. The molecule has 0 saturated carbocycles. The van der Waals surface area contributed by atoms with Crippen LogP contribution in [0.15, 0.2) is 16.5 Å². The summed E-state index contributed by atoms with van der Waals surface area (Å²) in [6, 6.07) is 2.23. The number of carbonyl (C=O) groups is 1. The lowest BCUT2D eigenvalue weighted by atomic mass is 10.3. The van der Waals surface area contributed by atoms with Crippen molar-refractivity contribution in [3.63, 3.8) is 0 Å². The SMILES string of the molecule is Nc1nnc(SCC(=O)Nc2c(Cl)cc([N+](=O)[O-])cc2Cl)s1. The number of nitrogens with zero attached hydrogens (tertiary/aromatic N) is 3. The molecule has 0 radical (unpaired) electrons. The number of carbonyl (C=O) groups excluding carboxylic acids is 1. The number of nitro benzene ring substituents is 1. The number of anilines is 2. The molecular formula is C10H7Cl2N5O3S2. The minimum atomic E-state index is -0.626. The molecule has 12 heteroatoms. The highest BCUT2D eigenvalue weighted by molar-refractivity contribution is 8.01. The molecule has 1 amide bonds. The number of halogens is 2. The van der Waals surface area contributed by atoms with E-state index in [1.807, 2.05) is 0 Å². The molecule has 116 valence electrons. The van der Waals surface area contributed by atoms with Gasteiger partial charge in [-0.25, -0.2) is 0 Å². The molecule has 0 aliphatic carbocycles. The summed E-state index contributed by atoms with van der Waals surface area (Å²) >= 11 is 14.1. The number of aromatic nitrogens is 2. The first-order valence-electron chi connectivity index (χ1n) is 5.52. The molecule has 2 rings (SSSR count). The van der Waals surface area contributed by atoms with Crippen LogP contribution in [-0.4, -0.2) is 26.8 Å². The predicted octanol–water partition coefficient (Wildman–Crippen LogP) is 3.07. The van der Waals surface area contributed by atoms with Crippen molar-refractivity contribution in [1.82, 2.24) is 10.2 Å². The molecule has 1 heterocycles. The maximum absolute atomic E-state index is 11.9. The molecule has 0 aliphatic rings. The summed E-state index contributed by atoms with van der Waals surface area (Å²) in [6.07, 6.45) is 0. The van der Waals surface area contributed by atoms with Gasteiger partial charge < -0.3 is 11.1 Å². The maximum atomic E-state index is 11.9. The van der Waals surface area contributed by atoms with E-state index in [1.54, 1.807) is 0 Å². The molecule has 0 fully saturated rings. The topological polar surface area (TPSA) is 124 Å². The van der Waals surface area contributed by atoms with E-state index in [-0.39, 0.29) is 27.2 Å². The fourth-order valence-electron chi connectivity index (χ4n) is 1.37. The van der Waals surface area contributed by atoms with Gasteiger partial charge in [0.15, 0.2) is 4.34 Å². The fourth-order valence-corrected chi connectivity index (χ4v) is 3.37. The fraction of sp³-hybridized carbons (Fsp3) is 0.100. The van der Waals surface area contributed by atoms with Gasteiger partial charge in [-0.1, -0.05) is 46.3 Å². The molecule has 2 aromatic rings. The standard InChI is InChI=1S/C10H7Cl2N5O3S2/c11-5-1-4(17(19)20)2-6(12)8(5)14-7(18)3-21-10-16-15-9(13)22-10/h1-2H,3H2,(H2,13,15)(H,14,18). The molecule has 0 saturated heterocycles. The number of rotatable bonds is 5. The summed E-state index contributed by atoms with van der Waals surface area (Å²) in [5, 5.41) is 20.8. The van der Waals surface area contributed by atoms with Crippen molar-refractivity contribution >= 4 is 68.7 Å². The lowest BCUT2D eigenvalue weighted by Gasteiger charge is -2.08. The molecule has 1 aromatic heterocycles. The zero-order valence-electron chi connectivity index (χ0n) is 10.6. The first-order chi connectivity index (χ1) is 10.4. The van der Waals surface area contributed by atoms with Gasteiger partial charge >= 0.3 is 0 Å². The monoisotopic (exact) mass is 379 g/mol. The summed E-state index contributed by atoms with van der Waals surface area (Å²) in [6.45, 7) is 0. The van der Waals surface area contributed by atoms with E-state index in [9.17, 15) is 14.9 Å². The van der Waals surface area contributed by atoms with Gasteiger partial charge in [0.05, 0.1) is 26.4 Å². The molecule has 0 unspecified atom stereocenters. The Bertz CT molecular complexity index is 716. The van der Waals surface area contributed by atoms with E-state index < -0.39 is 10.8 Å². The summed E-state index contributed by atoms with van der Waals surface area (Å²) in [5.41, 5.74) is 5.29. The molecule has 3 N–H and O–H groups in total. The van der Waals surface area contributed by atoms with Crippen molar-refractivity contribution in [3.05, 3.63) is 32.3 Å².